The number of carbonyl (C=O) groups is 4. The van der Waals surface area contributed by atoms with Crippen molar-refractivity contribution in [1.29, 1.82) is 0 Å². The van der Waals surface area contributed by atoms with Crippen LogP contribution in [0.3, 0.4) is 0 Å². The Bertz CT molecular complexity index is 7420. The number of carbonyl (C=O) groups excluding carboxylic acids is 4. The standard InChI is InChI=1S/2C25H24FN3O6S.2C25H25FN2O5S/c2*1-4-25(33)12(2)35-11-16-17(25)6-20-23-15(9-29(20)24(16)32)14(8-27-22(31)10-30)13-5-21(36(3)34)18(26)7-19(13)28-23;2*1-3-25(32)18-9-21-23-16(11-28(21)24(31)14(18)4-5-22(25)30)17(12-34(33)7-6-29)15-8-13(2)19(26)10-20(15)27-23/h2*5-7,30,33H,2,4,8-11H2,1,3H3,(H,27,31);2*8-10,29,32H,3-7,11-12H2,1-2H3/t25-,36+;25-,36-;25-,34+;25-,34-/m1100/s1. The molecule has 0 spiro atoms. The summed E-state index contributed by atoms with van der Waals surface area (Å²) in [5, 5.41) is 89.2. The number of Topliss-reactive ketones (excluding diaryl/α,β-unsaturated/α-hetero) is 2. The van der Waals surface area contributed by atoms with Gasteiger partial charge < -0.3 is 79.2 Å². The Hall–Kier alpha value is -12.3. The summed E-state index contributed by atoms with van der Waals surface area (Å²) in [4.78, 5) is 121. The maximum Gasteiger partial charge on any atom is 0.258 e. The summed E-state index contributed by atoms with van der Waals surface area (Å²) >= 11 is 0. The van der Waals surface area contributed by atoms with Gasteiger partial charge in [-0.05, 0) is 134 Å². The second-order valence-electron chi connectivity index (χ2n) is 35.7. The quantitative estimate of drug-likeness (QED) is 0.0329. The van der Waals surface area contributed by atoms with Crippen LogP contribution < -0.4 is 32.9 Å². The molecule has 732 valence electrons. The number of nitrogens with one attached hydrogen (secondary N) is 2. The fourth-order valence-corrected chi connectivity index (χ4v) is 23.5. The zero-order valence-corrected chi connectivity index (χ0v) is 80.6. The van der Waals surface area contributed by atoms with E-state index in [1.807, 2.05) is 0 Å². The number of benzene rings is 4. The number of aromatic nitrogens is 8. The SMILES string of the molecule is C=C1OCc2c(cc3n(c2=O)Cc2c-3nc3cc(F)c([S@@](C)=O)cc3c2CNC(=O)CO)[C@@]1(O)CC.C=C1OCc2c(cc3n(c2=O)Cc2c-3nc3cc(F)c([S@](C)=O)cc3c2CNC(=O)CO)[C@@]1(O)CC.CC[C@@]1(O)C(=O)CCc2c1cc1n(c2=O)Cc2c-1nc1cc(F)c(C)cc1c2C[S@@](=O)CCO.CC[C@@]1(O)C(=O)CCc2c1cc1n(c2=O)Cc2c-1nc1cc(F)c(C)cc1c2C[S@](=O)CCO. The third kappa shape index (κ3) is 16.5. The van der Waals surface area contributed by atoms with Gasteiger partial charge in [-0.15, -0.1) is 0 Å². The summed E-state index contributed by atoms with van der Waals surface area (Å²) in [7, 11) is -5.96. The molecule has 8 aliphatic rings. The topological polar surface area (TPSA) is 480 Å². The van der Waals surface area contributed by atoms with Crippen LogP contribution in [0.15, 0.2) is 126 Å². The number of ether oxygens (including phenoxy) is 2. The number of aliphatic hydroxyl groups excluding tert-OH is 4. The largest absolute Gasteiger partial charge is 0.490 e. The van der Waals surface area contributed by atoms with E-state index in [4.69, 9.17) is 19.7 Å². The highest BCUT2D eigenvalue weighted by molar-refractivity contribution is 7.85. The first-order valence-corrected chi connectivity index (χ1v) is 51.3. The predicted octanol–water partition coefficient (Wildman–Crippen LogP) is 7.56. The molecule has 0 unspecified atom stereocenters. The van der Waals surface area contributed by atoms with Crippen LogP contribution in [-0.4, -0.2) is 170 Å². The van der Waals surface area contributed by atoms with Crippen molar-refractivity contribution in [2.75, 3.05) is 50.4 Å². The van der Waals surface area contributed by atoms with E-state index in [0.717, 1.165) is 11.1 Å². The van der Waals surface area contributed by atoms with Gasteiger partial charge in [0.25, 0.3) is 22.2 Å². The number of ketones is 2. The van der Waals surface area contributed by atoms with Crippen LogP contribution in [0.4, 0.5) is 17.6 Å². The lowest BCUT2D eigenvalue weighted by Gasteiger charge is -2.35. The average Bonchev–Trinajstić information content (AvgIpc) is 1.54. The summed E-state index contributed by atoms with van der Waals surface area (Å²) in [5.74, 6) is -3.28. The van der Waals surface area contributed by atoms with Crippen LogP contribution >= 0.6 is 0 Å². The Labute approximate surface area is 805 Å². The highest BCUT2D eigenvalue weighted by Crippen LogP contribution is 2.49. The Morgan fingerprint density at radius 1 is 0.407 bits per heavy atom. The lowest BCUT2D eigenvalue weighted by Crippen LogP contribution is -2.43. The number of amides is 2. The number of aryl methyl sites for hydroxylation is 2. The van der Waals surface area contributed by atoms with Gasteiger partial charge in [-0.2, -0.15) is 0 Å². The van der Waals surface area contributed by atoms with Gasteiger partial charge in [-0.1, -0.05) is 40.9 Å². The third-order valence-corrected chi connectivity index (χ3v) is 32.4. The molecule has 2 aliphatic carbocycles. The summed E-state index contributed by atoms with van der Waals surface area (Å²) < 4.78 is 125. The highest BCUT2D eigenvalue weighted by atomic mass is 32.2. The molecule has 0 fully saturated rings. The van der Waals surface area contributed by atoms with Gasteiger partial charge in [0.2, 0.25) is 11.8 Å². The second kappa shape index (κ2) is 37.9. The van der Waals surface area contributed by atoms with Crippen LogP contribution in [0.5, 0.6) is 0 Å². The van der Waals surface area contributed by atoms with Crippen LogP contribution in [0, 0.1) is 37.1 Å². The van der Waals surface area contributed by atoms with Crippen LogP contribution in [0.25, 0.3) is 89.2 Å². The molecule has 40 heteroatoms. The molecule has 2 amide bonds. The molecule has 6 aliphatic heterocycles. The molecule has 0 bridgehead atoms. The van der Waals surface area contributed by atoms with Gasteiger partial charge in [0.1, 0.15) is 83.6 Å². The maximum absolute atomic E-state index is 14.8. The molecule has 4 aromatic carbocycles. The second-order valence-corrected chi connectivity index (χ2v) is 41.5. The molecule has 14 heterocycles. The van der Waals surface area contributed by atoms with E-state index < -0.39 is 114 Å². The predicted molar refractivity (Wildman–Crippen MR) is 513 cm³/mol. The molecule has 10 N–H and O–H groups in total. The van der Waals surface area contributed by atoms with Crippen molar-refractivity contribution < 1.29 is 104 Å². The van der Waals surface area contributed by atoms with E-state index in [9.17, 15) is 103 Å². The number of rotatable bonds is 20. The van der Waals surface area contributed by atoms with Gasteiger partial charge in [-0.25, -0.2) is 37.5 Å². The fourth-order valence-electron chi connectivity index (χ4n) is 20.2. The number of pyridine rings is 8. The van der Waals surface area contributed by atoms with E-state index >= 15 is 0 Å². The molecular formula is C100H98F4N10O22S4. The summed E-state index contributed by atoms with van der Waals surface area (Å²) in [6, 6.07) is 18.0. The molecule has 8 atom stereocenters. The lowest BCUT2D eigenvalue weighted by molar-refractivity contribution is -0.140. The minimum Gasteiger partial charge on any atom is -0.490 e. The first-order chi connectivity index (χ1) is 66.6. The number of nitrogens with zero attached hydrogens (tertiary/aromatic N) is 8. The van der Waals surface area contributed by atoms with Gasteiger partial charge >= 0.3 is 0 Å². The Morgan fingerprint density at radius 2 is 0.693 bits per heavy atom. The van der Waals surface area contributed by atoms with Crippen LogP contribution in [0.1, 0.15) is 166 Å². The van der Waals surface area contributed by atoms with Crippen molar-refractivity contribution in [2.24, 2.45) is 0 Å². The maximum atomic E-state index is 14.8. The smallest absolute Gasteiger partial charge is 0.258 e. The van der Waals surface area contributed by atoms with Crippen molar-refractivity contribution in [3.63, 3.8) is 0 Å². The monoisotopic (exact) mass is 1990 g/mol. The Balaban J connectivity index is 0.000000129. The fraction of sp³-hybridized carbons (Fsp3) is 0.360. The molecule has 8 aromatic heterocycles. The van der Waals surface area contributed by atoms with E-state index in [-0.39, 0.29) is 206 Å². The minimum atomic E-state index is -1.73. The van der Waals surface area contributed by atoms with E-state index in [0.29, 0.717) is 167 Å². The van der Waals surface area contributed by atoms with E-state index in [1.54, 1.807) is 87.1 Å². The van der Waals surface area contributed by atoms with Gasteiger partial charge in [0.05, 0.1) is 150 Å². The number of hydrogen-bond acceptors (Lipinski definition) is 26. The van der Waals surface area contributed by atoms with Crippen molar-refractivity contribution in [2.45, 2.75) is 189 Å². The highest BCUT2D eigenvalue weighted by Gasteiger charge is 2.48. The van der Waals surface area contributed by atoms with Gasteiger partial charge in [0, 0.05) is 184 Å². The number of aliphatic hydroxyl groups is 8. The number of hydrogen-bond donors (Lipinski definition) is 10. The van der Waals surface area contributed by atoms with Gasteiger partial charge in [-0.3, -0.25) is 55.2 Å². The first-order valence-electron chi connectivity index (χ1n) is 45.2. The average molecular weight is 2000 g/mol. The van der Waals surface area contributed by atoms with E-state index in [2.05, 4.69) is 43.7 Å². The molecule has 0 saturated heterocycles. The Morgan fingerprint density at radius 3 is 0.986 bits per heavy atom. The number of fused-ring (bicyclic) bond motifs is 20. The normalized spacial score (nSPS) is 19.3. The Kier molecular flexibility index (Phi) is 26.9. The first kappa shape index (κ1) is 99.3. The molecule has 140 heavy (non-hydrogen) atoms. The zero-order valence-electron chi connectivity index (χ0n) is 77.3. The third-order valence-electron chi connectivity index (χ3n) is 28.1. The summed E-state index contributed by atoms with van der Waals surface area (Å²) in [6.07, 6.45) is 4.23. The number of halogens is 4. The van der Waals surface area contributed by atoms with E-state index in [1.165, 1.54) is 58.0 Å². The lowest BCUT2D eigenvalue weighted by atomic mass is 9.77. The van der Waals surface area contributed by atoms with Crippen molar-refractivity contribution in [3.8, 4) is 45.6 Å². The minimum absolute atomic E-state index is 0.00852. The van der Waals surface area contributed by atoms with Crippen molar-refractivity contribution in [1.82, 2.24) is 48.8 Å². The van der Waals surface area contributed by atoms with Crippen LogP contribution in [-0.2, 0) is 171 Å². The van der Waals surface area contributed by atoms with Crippen LogP contribution in [0.2, 0.25) is 0 Å². The molecule has 32 nitrogen and oxygen atoms in total. The van der Waals surface area contributed by atoms with Gasteiger partial charge in [0.15, 0.2) is 11.6 Å². The molecule has 0 radical (unpaired) electrons. The summed E-state index contributed by atoms with van der Waals surface area (Å²) in [5.41, 5.74) is 5.99. The van der Waals surface area contributed by atoms with Crippen molar-refractivity contribution >= 4 is 110 Å². The molecule has 20 rings (SSSR count). The zero-order chi connectivity index (χ0) is 101. The molecular weight excluding hydrogens is 1900 g/mol. The van der Waals surface area contributed by atoms with Crippen molar-refractivity contribution in [3.05, 3.63) is 262 Å². The molecule has 0 saturated carbocycles. The summed E-state index contributed by atoms with van der Waals surface area (Å²) in [6.45, 7) is 16.5. The molecule has 12 aromatic rings.